The summed E-state index contributed by atoms with van der Waals surface area (Å²) in [6.45, 7) is 13.2. The van der Waals surface area contributed by atoms with Gasteiger partial charge in [0.15, 0.2) is 0 Å². The first-order valence-corrected chi connectivity index (χ1v) is 9.07. The molecule has 0 bridgehead atoms. The lowest BCUT2D eigenvalue weighted by atomic mass is 9.68. The first kappa shape index (κ1) is 18.0. The van der Waals surface area contributed by atoms with Crippen LogP contribution in [0.25, 0.3) is 0 Å². The summed E-state index contributed by atoms with van der Waals surface area (Å²) in [5.74, 6) is 1.42. The third-order valence-electron chi connectivity index (χ3n) is 5.73. The molecule has 3 heteroatoms. The van der Waals surface area contributed by atoms with Crippen molar-refractivity contribution in [3.05, 3.63) is 22.8 Å². The van der Waals surface area contributed by atoms with Crippen LogP contribution < -0.4 is 0 Å². The molecule has 0 spiro atoms. The van der Waals surface area contributed by atoms with Crippen LogP contribution in [-0.2, 0) is 0 Å². The highest BCUT2D eigenvalue weighted by Crippen LogP contribution is 2.43. The molecule has 1 aliphatic carbocycles. The van der Waals surface area contributed by atoms with Crippen molar-refractivity contribution in [1.29, 1.82) is 0 Å². The lowest BCUT2D eigenvalue weighted by molar-refractivity contribution is -0.0886. The second-order valence-electron chi connectivity index (χ2n) is 8.17. The summed E-state index contributed by atoms with van der Waals surface area (Å²) in [7, 11) is 0. The Labute approximate surface area is 141 Å². The predicted molar refractivity (Wildman–Crippen MR) is 94.7 cm³/mol. The maximum absolute atomic E-state index is 10.7. The molecule has 1 saturated heterocycles. The fourth-order valence-corrected chi connectivity index (χ4v) is 4.06. The van der Waals surface area contributed by atoms with E-state index in [2.05, 4.69) is 51.7 Å². The van der Waals surface area contributed by atoms with E-state index in [1.807, 2.05) is 0 Å². The van der Waals surface area contributed by atoms with Gasteiger partial charge in [-0.1, -0.05) is 57.9 Å². The fraction of sp³-hybridized carbons (Fsp3) is 0.789. The van der Waals surface area contributed by atoms with Gasteiger partial charge in [0.1, 0.15) is 6.23 Å². The van der Waals surface area contributed by atoms with Crippen molar-refractivity contribution in [2.45, 2.75) is 60.1 Å². The number of halogens is 1. The van der Waals surface area contributed by atoms with Crippen LogP contribution in [0.3, 0.4) is 0 Å². The molecule has 0 saturated carbocycles. The number of piperidine rings is 1. The molecule has 126 valence electrons. The molecule has 0 aromatic heterocycles. The molecule has 0 aromatic rings. The van der Waals surface area contributed by atoms with Crippen molar-refractivity contribution in [2.75, 3.05) is 13.1 Å². The third-order valence-corrected chi connectivity index (χ3v) is 6.05. The Hall–Kier alpha value is -0.310. The molecule has 3 atom stereocenters. The average molecular weight is 326 g/mol. The smallest absolute Gasteiger partial charge is 0.110 e. The zero-order valence-electron chi connectivity index (χ0n) is 14.8. The van der Waals surface area contributed by atoms with Crippen molar-refractivity contribution in [3.8, 4) is 0 Å². The van der Waals surface area contributed by atoms with Gasteiger partial charge in [-0.3, -0.25) is 4.90 Å². The normalized spacial score (nSPS) is 29.0. The number of hydrogen-bond donors (Lipinski definition) is 1. The molecule has 0 amide bonds. The summed E-state index contributed by atoms with van der Waals surface area (Å²) in [6.07, 6.45) is 7.19. The van der Waals surface area contributed by atoms with Gasteiger partial charge >= 0.3 is 0 Å². The van der Waals surface area contributed by atoms with Crippen LogP contribution in [0.4, 0.5) is 0 Å². The van der Waals surface area contributed by atoms with Gasteiger partial charge in [0.2, 0.25) is 0 Å². The van der Waals surface area contributed by atoms with Crippen molar-refractivity contribution in [2.24, 2.45) is 23.2 Å². The Bertz CT molecular complexity index is 452. The summed E-state index contributed by atoms with van der Waals surface area (Å²) in [5, 5.41) is 11.6. The van der Waals surface area contributed by atoms with Gasteiger partial charge in [0.05, 0.1) is 0 Å². The van der Waals surface area contributed by atoms with Gasteiger partial charge in [-0.25, -0.2) is 0 Å². The third kappa shape index (κ3) is 3.96. The lowest BCUT2D eigenvalue weighted by Crippen LogP contribution is -2.52. The lowest BCUT2D eigenvalue weighted by Gasteiger charge is -2.48. The summed E-state index contributed by atoms with van der Waals surface area (Å²) in [6, 6.07) is 0. The summed E-state index contributed by atoms with van der Waals surface area (Å²) in [5.41, 5.74) is 1.74. The van der Waals surface area contributed by atoms with Crippen LogP contribution in [0.2, 0.25) is 0 Å². The molecule has 1 N–H and O–H groups in total. The fourth-order valence-electron chi connectivity index (χ4n) is 3.91. The predicted octanol–water partition coefficient (Wildman–Crippen LogP) is 4.79. The van der Waals surface area contributed by atoms with E-state index in [9.17, 15) is 5.11 Å². The van der Waals surface area contributed by atoms with Crippen LogP contribution in [-0.4, -0.2) is 29.3 Å². The minimum Gasteiger partial charge on any atom is -0.378 e. The number of rotatable bonds is 4. The second kappa shape index (κ2) is 7.07. The van der Waals surface area contributed by atoms with E-state index in [0.717, 1.165) is 37.4 Å². The van der Waals surface area contributed by atoms with Crippen LogP contribution in [0.1, 0.15) is 53.9 Å². The van der Waals surface area contributed by atoms with E-state index < -0.39 is 0 Å². The van der Waals surface area contributed by atoms with E-state index in [1.165, 1.54) is 0 Å². The van der Waals surface area contributed by atoms with E-state index in [1.54, 1.807) is 5.57 Å². The molecule has 0 unspecified atom stereocenters. The van der Waals surface area contributed by atoms with Crippen LogP contribution in [0, 0.1) is 23.2 Å². The quantitative estimate of drug-likeness (QED) is 0.803. The molecule has 2 nitrogen and oxygen atoms in total. The highest BCUT2D eigenvalue weighted by atomic mass is 35.5. The Morgan fingerprint density at radius 1 is 1.23 bits per heavy atom. The number of aliphatic hydroxyl groups excluding tert-OH is 1. The number of aliphatic hydroxyl groups is 1. The minimum absolute atomic E-state index is 0.194. The van der Waals surface area contributed by atoms with E-state index in [0.29, 0.717) is 17.8 Å². The maximum atomic E-state index is 10.7. The molecule has 22 heavy (non-hydrogen) atoms. The zero-order valence-corrected chi connectivity index (χ0v) is 15.5. The zero-order chi connectivity index (χ0) is 16.5. The van der Waals surface area contributed by atoms with Gasteiger partial charge in [0.25, 0.3) is 0 Å². The van der Waals surface area contributed by atoms with Crippen LogP contribution >= 0.6 is 11.6 Å². The number of hydrogen-bond acceptors (Lipinski definition) is 2. The molecular weight excluding hydrogens is 294 g/mol. The van der Waals surface area contributed by atoms with E-state index in [-0.39, 0.29) is 11.6 Å². The van der Waals surface area contributed by atoms with Gasteiger partial charge in [-0.2, -0.15) is 0 Å². The summed E-state index contributed by atoms with van der Waals surface area (Å²) < 4.78 is 0. The highest BCUT2D eigenvalue weighted by Gasteiger charge is 2.40. The largest absolute Gasteiger partial charge is 0.378 e. The first-order valence-electron chi connectivity index (χ1n) is 8.69. The second-order valence-corrected chi connectivity index (χ2v) is 8.66. The van der Waals surface area contributed by atoms with Gasteiger partial charge in [0, 0.05) is 18.1 Å². The van der Waals surface area contributed by atoms with Crippen molar-refractivity contribution >= 4 is 11.6 Å². The van der Waals surface area contributed by atoms with Gasteiger partial charge in [-0.15, -0.1) is 0 Å². The molecule has 1 aliphatic heterocycles. The molecule has 2 aliphatic rings. The topological polar surface area (TPSA) is 23.5 Å². The first-order chi connectivity index (χ1) is 10.2. The number of likely N-dealkylation sites (tertiary alicyclic amines) is 1. The standard InChI is InChI=1S/C19H32ClNO/c1-13(2)14(3)18(22)21-11-10-17(19(4,5)12-21)15-6-8-16(20)9-7-15/h6,8,13-14,17-18,22H,7,9-12H2,1-5H3/t14-,17-,18-/m1/s1. The monoisotopic (exact) mass is 325 g/mol. The van der Waals surface area contributed by atoms with Gasteiger partial charge < -0.3 is 5.11 Å². The van der Waals surface area contributed by atoms with E-state index >= 15 is 0 Å². The Kier molecular flexibility index (Phi) is 5.79. The molecular formula is C19H32ClNO. The number of nitrogens with zero attached hydrogens (tertiary/aromatic N) is 1. The van der Waals surface area contributed by atoms with Crippen LogP contribution in [0.5, 0.6) is 0 Å². The minimum atomic E-state index is -0.324. The SMILES string of the molecule is CC(C)[C@@H](C)[C@@H](O)N1CC[C@H](C2=CC=C(Cl)CC2)C(C)(C)C1. The maximum Gasteiger partial charge on any atom is 0.110 e. The molecule has 2 rings (SSSR count). The van der Waals surface area contributed by atoms with E-state index in [4.69, 9.17) is 11.6 Å². The average Bonchev–Trinajstić information content (AvgIpc) is 2.45. The molecule has 0 aromatic carbocycles. The Morgan fingerprint density at radius 3 is 2.41 bits per heavy atom. The Balaban J connectivity index is 2.07. The van der Waals surface area contributed by atoms with Crippen molar-refractivity contribution < 1.29 is 5.11 Å². The molecule has 1 fully saturated rings. The van der Waals surface area contributed by atoms with Gasteiger partial charge in [-0.05, 0) is 48.5 Å². The Morgan fingerprint density at radius 2 is 1.91 bits per heavy atom. The highest BCUT2D eigenvalue weighted by molar-refractivity contribution is 6.29. The van der Waals surface area contributed by atoms with Crippen molar-refractivity contribution in [1.82, 2.24) is 4.90 Å². The van der Waals surface area contributed by atoms with Crippen molar-refractivity contribution in [3.63, 3.8) is 0 Å². The summed E-state index contributed by atoms with van der Waals surface area (Å²) in [4.78, 5) is 2.29. The number of allylic oxidation sites excluding steroid dienone is 4. The summed E-state index contributed by atoms with van der Waals surface area (Å²) >= 11 is 6.10. The van der Waals surface area contributed by atoms with Crippen LogP contribution in [0.15, 0.2) is 22.8 Å². The molecule has 1 heterocycles. The molecule has 0 radical (unpaired) electrons.